The molecule has 0 aromatic carbocycles. The van der Waals surface area contributed by atoms with E-state index in [9.17, 15) is 0 Å². The highest BCUT2D eigenvalue weighted by atomic mass is 35.5. The molecule has 2 nitrogen and oxygen atoms in total. The highest BCUT2D eigenvalue weighted by molar-refractivity contribution is 6.21. The molecule has 2 atom stereocenters. The Hall–Kier alpha value is -1.15. The summed E-state index contributed by atoms with van der Waals surface area (Å²) in [7, 11) is 0. The van der Waals surface area contributed by atoms with Crippen LogP contribution in [0.3, 0.4) is 0 Å². The van der Waals surface area contributed by atoms with Gasteiger partial charge in [0.25, 0.3) is 0 Å². The highest BCUT2D eigenvalue weighted by Gasteiger charge is 2.26. The number of hydrogen-bond acceptors (Lipinski definition) is 2. The lowest BCUT2D eigenvalue weighted by molar-refractivity contribution is 0.632. The van der Waals surface area contributed by atoms with Crippen molar-refractivity contribution in [2.75, 3.05) is 0 Å². The fourth-order valence-electron chi connectivity index (χ4n) is 2.30. The van der Waals surface area contributed by atoms with E-state index in [4.69, 9.17) is 11.6 Å². The van der Waals surface area contributed by atoms with Crippen molar-refractivity contribution in [1.82, 2.24) is 0 Å². The average molecular weight is 219 g/mol. The third-order valence-corrected chi connectivity index (χ3v) is 3.25. The van der Waals surface area contributed by atoms with Gasteiger partial charge < -0.3 is 0 Å². The maximum atomic E-state index is 5.92. The Kier molecular flexibility index (Phi) is 2.10. The SMILES string of the molecule is ClC1C=C2CCC3C=CC=CC3=C2N=N1. The number of rotatable bonds is 0. The minimum atomic E-state index is -0.274. The van der Waals surface area contributed by atoms with Crippen LogP contribution >= 0.6 is 11.6 Å². The quantitative estimate of drug-likeness (QED) is 0.437. The van der Waals surface area contributed by atoms with Gasteiger partial charge in [0.15, 0.2) is 5.50 Å². The van der Waals surface area contributed by atoms with Crippen LogP contribution in [0.4, 0.5) is 0 Å². The van der Waals surface area contributed by atoms with Crippen molar-refractivity contribution in [3.63, 3.8) is 0 Å². The van der Waals surface area contributed by atoms with Crippen LogP contribution in [0.25, 0.3) is 0 Å². The number of alkyl halides is 1. The fourth-order valence-corrected chi connectivity index (χ4v) is 2.50. The first-order chi connectivity index (χ1) is 7.34. The van der Waals surface area contributed by atoms with Crippen LogP contribution in [0.1, 0.15) is 12.8 Å². The van der Waals surface area contributed by atoms with Crippen molar-refractivity contribution in [1.29, 1.82) is 0 Å². The number of allylic oxidation sites excluding steroid dienone is 6. The van der Waals surface area contributed by atoms with Crippen LogP contribution in [-0.4, -0.2) is 5.50 Å². The Labute approximate surface area is 93.7 Å². The molecule has 3 heteroatoms. The van der Waals surface area contributed by atoms with E-state index >= 15 is 0 Å². The lowest BCUT2D eigenvalue weighted by atomic mass is 9.80. The zero-order valence-corrected chi connectivity index (χ0v) is 8.98. The standard InChI is InChI=1S/C12H11ClN2/c13-11-7-9-6-5-8-3-1-2-4-10(8)12(9)15-14-11/h1-4,7-8,11H,5-6H2. The minimum Gasteiger partial charge on any atom is -0.165 e. The van der Waals surface area contributed by atoms with Gasteiger partial charge in [0, 0.05) is 5.92 Å². The van der Waals surface area contributed by atoms with Crippen molar-refractivity contribution in [3.8, 4) is 0 Å². The molecule has 0 N–H and O–H groups in total. The van der Waals surface area contributed by atoms with Gasteiger partial charge in [-0.15, -0.1) is 0 Å². The molecular formula is C12H11ClN2. The Bertz CT molecular complexity index is 441. The second kappa shape index (κ2) is 3.46. The Morgan fingerprint density at radius 1 is 1.33 bits per heavy atom. The topological polar surface area (TPSA) is 24.7 Å². The third-order valence-electron chi connectivity index (χ3n) is 3.04. The molecule has 3 rings (SSSR count). The molecule has 0 aromatic rings. The van der Waals surface area contributed by atoms with Crippen LogP contribution < -0.4 is 0 Å². The zero-order valence-electron chi connectivity index (χ0n) is 8.23. The fraction of sp³-hybridized carbons (Fsp3) is 0.333. The second-order valence-corrected chi connectivity index (χ2v) is 4.42. The highest BCUT2D eigenvalue weighted by Crippen LogP contribution is 2.39. The smallest absolute Gasteiger partial charge is 0.163 e. The maximum Gasteiger partial charge on any atom is 0.163 e. The van der Waals surface area contributed by atoms with Gasteiger partial charge in [0.2, 0.25) is 0 Å². The van der Waals surface area contributed by atoms with E-state index in [0.29, 0.717) is 5.92 Å². The van der Waals surface area contributed by atoms with Crippen molar-refractivity contribution in [2.24, 2.45) is 16.1 Å². The lowest BCUT2D eigenvalue weighted by Crippen LogP contribution is -2.14. The molecule has 2 aliphatic carbocycles. The van der Waals surface area contributed by atoms with E-state index in [1.807, 2.05) is 6.08 Å². The molecule has 1 aliphatic heterocycles. The summed E-state index contributed by atoms with van der Waals surface area (Å²) in [5, 5.41) is 8.24. The molecule has 76 valence electrons. The van der Waals surface area contributed by atoms with Crippen LogP contribution in [0.5, 0.6) is 0 Å². The molecule has 15 heavy (non-hydrogen) atoms. The average Bonchev–Trinajstić information content (AvgIpc) is 2.28. The van der Waals surface area contributed by atoms with Crippen molar-refractivity contribution >= 4 is 11.6 Å². The van der Waals surface area contributed by atoms with E-state index in [0.717, 1.165) is 18.5 Å². The van der Waals surface area contributed by atoms with Crippen LogP contribution in [0.2, 0.25) is 0 Å². The molecule has 0 saturated carbocycles. The minimum absolute atomic E-state index is 0.274. The molecule has 2 unspecified atom stereocenters. The van der Waals surface area contributed by atoms with Crippen molar-refractivity contribution in [3.05, 3.63) is 47.2 Å². The predicted octanol–water partition coefficient (Wildman–Crippen LogP) is 3.73. The van der Waals surface area contributed by atoms with Gasteiger partial charge in [-0.05, 0) is 30.1 Å². The third kappa shape index (κ3) is 1.49. The van der Waals surface area contributed by atoms with Gasteiger partial charge in [-0.25, -0.2) is 0 Å². The second-order valence-electron chi connectivity index (χ2n) is 3.97. The van der Waals surface area contributed by atoms with Crippen LogP contribution in [-0.2, 0) is 0 Å². The van der Waals surface area contributed by atoms with Gasteiger partial charge in [-0.1, -0.05) is 35.9 Å². The number of nitrogens with zero attached hydrogens (tertiary/aromatic N) is 2. The Morgan fingerprint density at radius 3 is 3.20 bits per heavy atom. The van der Waals surface area contributed by atoms with E-state index < -0.39 is 0 Å². The Balaban J connectivity index is 2.10. The first-order valence-electron chi connectivity index (χ1n) is 5.19. The van der Waals surface area contributed by atoms with Crippen LogP contribution in [0.15, 0.2) is 57.5 Å². The van der Waals surface area contributed by atoms with Crippen molar-refractivity contribution < 1.29 is 0 Å². The summed E-state index contributed by atoms with van der Waals surface area (Å²) in [6, 6.07) is 0. The largest absolute Gasteiger partial charge is 0.165 e. The predicted molar refractivity (Wildman–Crippen MR) is 60.6 cm³/mol. The van der Waals surface area contributed by atoms with Crippen LogP contribution in [0, 0.1) is 5.92 Å². The molecule has 0 amide bonds. The van der Waals surface area contributed by atoms with E-state index in [1.54, 1.807) is 0 Å². The molecule has 0 aromatic heterocycles. The summed E-state index contributed by atoms with van der Waals surface area (Å²) < 4.78 is 0. The molecule has 0 fully saturated rings. The summed E-state index contributed by atoms with van der Waals surface area (Å²) in [5.41, 5.74) is 3.33. The molecule has 3 aliphatic rings. The van der Waals surface area contributed by atoms with Crippen molar-refractivity contribution in [2.45, 2.75) is 18.3 Å². The summed E-state index contributed by atoms with van der Waals surface area (Å²) >= 11 is 5.92. The van der Waals surface area contributed by atoms with Gasteiger partial charge in [0.05, 0.1) is 5.70 Å². The van der Waals surface area contributed by atoms with Gasteiger partial charge in [-0.2, -0.15) is 10.2 Å². The summed E-state index contributed by atoms with van der Waals surface area (Å²) in [6.07, 6.45) is 12.8. The van der Waals surface area contributed by atoms with Gasteiger partial charge in [-0.3, -0.25) is 0 Å². The number of halogens is 1. The maximum absolute atomic E-state index is 5.92. The van der Waals surface area contributed by atoms with Gasteiger partial charge >= 0.3 is 0 Å². The number of fused-ring (bicyclic) bond motifs is 2. The molecule has 0 saturated heterocycles. The van der Waals surface area contributed by atoms with E-state index in [2.05, 4.69) is 34.5 Å². The zero-order chi connectivity index (χ0) is 10.3. The molecule has 0 spiro atoms. The first kappa shape index (κ1) is 9.10. The summed E-state index contributed by atoms with van der Waals surface area (Å²) in [6.45, 7) is 0. The summed E-state index contributed by atoms with van der Waals surface area (Å²) in [4.78, 5) is 0. The molecule has 0 radical (unpaired) electrons. The molecule has 1 heterocycles. The first-order valence-corrected chi connectivity index (χ1v) is 5.63. The van der Waals surface area contributed by atoms with E-state index in [-0.39, 0.29) is 5.50 Å². The monoisotopic (exact) mass is 218 g/mol. The Morgan fingerprint density at radius 2 is 2.27 bits per heavy atom. The number of hydrogen-bond donors (Lipinski definition) is 0. The van der Waals surface area contributed by atoms with E-state index in [1.165, 1.54) is 11.1 Å². The molecular weight excluding hydrogens is 208 g/mol. The molecule has 0 bridgehead atoms. The summed E-state index contributed by atoms with van der Waals surface area (Å²) in [5.74, 6) is 0.521. The normalized spacial score (nSPS) is 32.5. The number of azo groups is 1. The lowest BCUT2D eigenvalue weighted by Gasteiger charge is -2.27. The van der Waals surface area contributed by atoms with Gasteiger partial charge in [0.1, 0.15) is 0 Å².